The highest BCUT2D eigenvalue weighted by molar-refractivity contribution is 14.1. The van der Waals surface area contributed by atoms with E-state index in [-0.39, 0.29) is 12.1 Å². The van der Waals surface area contributed by atoms with Crippen LogP contribution in [0.15, 0.2) is 0 Å². The van der Waals surface area contributed by atoms with Gasteiger partial charge in [0.1, 0.15) is 9.53 Å². The van der Waals surface area contributed by atoms with E-state index in [1.165, 1.54) is 0 Å². The Labute approximate surface area is 111 Å². The van der Waals surface area contributed by atoms with Gasteiger partial charge in [-0.25, -0.2) is 0 Å². The second kappa shape index (κ2) is 5.21. The summed E-state index contributed by atoms with van der Waals surface area (Å²) >= 11 is 2.13. The highest BCUT2D eigenvalue weighted by Gasteiger charge is 2.40. The molecule has 0 aromatic carbocycles. The lowest BCUT2D eigenvalue weighted by Gasteiger charge is -2.23. The zero-order valence-electron chi connectivity index (χ0n) is 10.3. The lowest BCUT2D eigenvalue weighted by Crippen LogP contribution is -2.33. The van der Waals surface area contributed by atoms with E-state index < -0.39 is 9.02 Å². The third-order valence-electron chi connectivity index (χ3n) is 3.56. The number of rotatable bonds is 4. The van der Waals surface area contributed by atoms with Crippen LogP contribution >= 0.6 is 22.6 Å². The molecule has 1 fully saturated rings. The molecule has 94 valence electrons. The molecule has 0 heterocycles. The summed E-state index contributed by atoms with van der Waals surface area (Å²) < 4.78 is 5.02. The van der Waals surface area contributed by atoms with Crippen molar-refractivity contribution >= 4 is 28.6 Å². The highest BCUT2D eigenvalue weighted by atomic mass is 127. The second-order valence-electron chi connectivity index (χ2n) is 4.90. The average Bonchev–Trinajstić information content (AvgIpc) is 2.61. The minimum Gasteiger partial charge on any atom is -0.461 e. The van der Waals surface area contributed by atoms with Gasteiger partial charge >= 0.3 is 5.97 Å². The summed E-state index contributed by atoms with van der Waals surface area (Å²) in [6.45, 7) is 5.83. The SMILES string of the molecule is CCC1(O)CCC(OC(=O)C(C)(I)CC)C1. The largest absolute Gasteiger partial charge is 0.461 e. The van der Waals surface area contributed by atoms with E-state index >= 15 is 0 Å². The number of aliphatic hydroxyl groups is 1. The van der Waals surface area contributed by atoms with E-state index in [4.69, 9.17) is 4.74 Å². The molecule has 3 unspecified atom stereocenters. The van der Waals surface area contributed by atoms with E-state index in [2.05, 4.69) is 22.6 Å². The summed E-state index contributed by atoms with van der Waals surface area (Å²) in [5.74, 6) is -0.152. The first kappa shape index (κ1) is 14.2. The van der Waals surface area contributed by atoms with Gasteiger partial charge in [0.05, 0.1) is 5.60 Å². The van der Waals surface area contributed by atoms with Crippen LogP contribution < -0.4 is 0 Å². The maximum atomic E-state index is 11.8. The number of hydrogen-bond donors (Lipinski definition) is 1. The molecule has 0 aromatic heterocycles. The summed E-state index contributed by atoms with van der Waals surface area (Å²) in [6.07, 6.45) is 3.51. The molecule has 0 amide bonds. The highest BCUT2D eigenvalue weighted by Crippen LogP contribution is 2.35. The maximum Gasteiger partial charge on any atom is 0.322 e. The predicted molar refractivity (Wildman–Crippen MR) is 71.7 cm³/mol. The van der Waals surface area contributed by atoms with Crippen molar-refractivity contribution < 1.29 is 14.6 Å². The second-order valence-corrected chi connectivity index (χ2v) is 7.28. The minimum atomic E-state index is -0.612. The van der Waals surface area contributed by atoms with Gasteiger partial charge in [0.25, 0.3) is 0 Å². The van der Waals surface area contributed by atoms with Crippen LogP contribution in [-0.4, -0.2) is 26.2 Å². The summed E-state index contributed by atoms with van der Waals surface area (Å²) in [5.41, 5.74) is -0.612. The normalized spacial score (nSPS) is 33.4. The Morgan fingerprint density at radius 3 is 2.69 bits per heavy atom. The van der Waals surface area contributed by atoms with E-state index in [1.807, 2.05) is 20.8 Å². The quantitative estimate of drug-likeness (QED) is 0.486. The van der Waals surface area contributed by atoms with Crippen molar-refractivity contribution in [1.82, 2.24) is 0 Å². The molecule has 0 radical (unpaired) electrons. The van der Waals surface area contributed by atoms with Crippen molar-refractivity contribution in [1.29, 1.82) is 0 Å². The number of ether oxygens (including phenoxy) is 1. The molecule has 1 saturated carbocycles. The molecule has 1 N–H and O–H groups in total. The number of halogens is 1. The van der Waals surface area contributed by atoms with Gasteiger partial charge in [0.2, 0.25) is 0 Å². The first-order valence-corrected chi connectivity index (χ1v) is 7.03. The zero-order chi connectivity index (χ0) is 12.4. The van der Waals surface area contributed by atoms with Gasteiger partial charge in [0, 0.05) is 6.42 Å². The van der Waals surface area contributed by atoms with E-state index in [9.17, 15) is 9.90 Å². The standard InChI is InChI=1S/C12H21IO3/c1-4-11(3,13)10(14)16-9-6-7-12(15,5-2)8-9/h9,15H,4-8H2,1-3H3. The smallest absolute Gasteiger partial charge is 0.322 e. The summed E-state index contributed by atoms with van der Waals surface area (Å²) in [4.78, 5) is 11.8. The third-order valence-corrected chi connectivity index (χ3v) is 4.76. The first-order chi connectivity index (χ1) is 7.33. The Bertz CT molecular complexity index is 265. The molecule has 3 nitrogen and oxygen atoms in total. The molecule has 3 atom stereocenters. The van der Waals surface area contributed by atoms with E-state index in [0.717, 1.165) is 25.7 Å². The summed E-state index contributed by atoms with van der Waals surface area (Å²) in [6, 6.07) is 0. The van der Waals surface area contributed by atoms with Crippen LogP contribution in [0.1, 0.15) is 52.9 Å². The van der Waals surface area contributed by atoms with Gasteiger partial charge in [-0.05, 0) is 32.6 Å². The Morgan fingerprint density at radius 2 is 2.25 bits per heavy atom. The van der Waals surface area contributed by atoms with Gasteiger partial charge < -0.3 is 9.84 Å². The fourth-order valence-electron chi connectivity index (χ4n) is 1.90. The number of alkyl halides is 1. The molecule has 0 aromatic rings. The topological polar surface area (TPSA) is 46.5 Å². The van der Waals surface area contributed by atoms with Crippen molar-refractivity contribution in [2.24, 2.45) is 0 Å². The zero-order valence-corrected chi connectivity index (χ0v) is 12.4. The van der Waals surface area contributed by atoms with Gasteiger partial charge in [0.15, 0.2) is 0 Å². The molecule has 1 rings (SSSR count). The number of carbonyl (C=O) groups is 1. The molecule has 1 aliphatic carbocycles. The third kappa shape index (κ3) is 3.32. The van der Waals surface area contributed by atoms with E-state index in [0.29, 0.717) is 6.42 Å². The van der Waals surface area contributed by atoms with Crippen LogP contribution in [0.3, 0.4) is 0 Å². The molecule has 4 heteroatoms. The number of esters is 1. The van der Waals surface area contributed by atoms with Crippen molar-refractivity contribution in [2.45, 2.75) is 68.0 Å². The van der Waals surface area contributed by atoms with Crippen molar-refractivity contribution in [2.75, 3.05) is 0 Å². The lowest BCUT2D eigenvalue weighted by molar-refractivity contribution is -0.151. The Kier molecular flexibility index (Phi) is 4.63. The van der Waals surface area contributed by atoms with Gasteiger partial charge in [-0.15, -0.1) is 0 Å². The first-order valence-electron chi connectivity index (χ1n) is 5.95. The van der Waals surface area contributed by atoms with Gasteiger partial charge in [-0.2, -0.15) is 0 Å². The van der Waals surface area contributed by atoms with Crippen LogP contribution in [0.25, 0.3) is 0 Å². The lowest BCUT2D eigenvalue weighted by atomic mass is 9.99. The molecule has 0 saturated heterocycles. The average molecular weight is 340 g/mol. The fraction of sp³-hybridized carbons (Fsp3) is 0.917. The van der Waals surface area contributed by atoms with Crippen LogP contribution in [0.5, 0.6) is 0 Å². The summed E-state index contributed by atoms with van der Waals surface area (Å²) in [5, 5.41) is 10.1. The molecule has 1 aliphatic rings. The van der Waals surface area contributed by atoms with Gasteiger partial charge in [-0.1, -0.05) is 36.4 Å². The number of carbonyl (C=O) groups excluding carboxylic acids is 1. The molecular weight excluding hydrogens is 319 g/mol. The van der Waals surface area contributed by atoms with Crippen LogP contribution in [0.4, 0.5) is 0 Å². The van der Waals surface area contributed by atoms with Gasteiger partial charge in [-0.3, -0.25) is 4.79 Å². The summed E-state index contributed by atoms with van der Waals surface area (Å²) in [7, 11) is 0. The molecule has 0 aliphatic heterocycles. The maximum absolute atomic E-state index is 11.8. The van der Waals surface area contributed by atoms with Crippen molar-refractivity contribution in [3.05, 3.63) is 0 Å². The number of hydrogen-bond acceptors (Lipinski definition) is 3. The minimum absolute atomic E-state index is 0.0990. The van der Waals surface area contributed by atoms with Crippen molar-refractivity contribution in [3.63, 3.8) is 0 Å². The van der Waals surface area contributed by atoms with Crippen LogP contribution in [0, 0.1) is 0 Å². The predicted octanol–water partition coefficient (Wildman–Crippen LogP) is 2.83. The fourth-order valence-corrected chi connectivity index (χ4v) is 2.02. The van der Waals surface area contributed by atoms with Crippen LogP contribution in [0.2, 0.25) is 0 Å². The Balaban J connectivity index is 2.49. The molecule has 0 spiro atoms. The van der Waals surface area contributed by atoms with Crippen LogP contribution in [-0.2, 0) is 9.53 Å². The molecule has 16 heavy (non-hydrogen) atoms. The Morgan fingerprint density at radius 1 is 1.62 bits per heavy atom. The molecular formula is C12H21IO3. The monoisotopic (exact) mass is 340 g/mol. The Hall–Kier alpha value is 0.160. The van der Waals surface area contributed by atoms with E-state index in [1.54, 1.807) is 0 Å². The molecule has 0 bridgehead atoms. The van der Waals surface area contributed by atoms with Crippen molar-refractivity contribution in [3.8, 4) is 0 Å².